The molecule has 1 heterocycles. The third-order valence-electron chi connectivity index (χ3n) is 4.07. The van der Waals surface area contributed by atoms with Crippen molar-refractivity contribution in [1.29, 1.82) is 0 Å². The van der Waals surface area contributed by atoms with Crippen LogP contribution in [-0.4, -0.2) is 23.3 Å². The van der Waals surface area contributed by atoms with Gasteiger partial charge in [-0.05, 0) is 64.7 Å². The summed E-state index contributed by atoms with van der Waals surface area (Å²) in [6, 6.07) is 14.2. The molecule has 0 unspecified atom stereocenters. The molecule has 140 valence electrons. The van der Waals surface area contributed by atoms with Gasteiger partial charge in [-0.25, -0.2) is 4.98 Å². The fourth-order valence-electron chi connectivity index (χ4n) is 2.65. The van der Waals surface area contributed by atoms with E-state index in [1.54, 1.807) is 6.20 Å². The number of para-hydroxylation sites is 1. The summed E-state index contributed by atoms with van der Waals surface area (Å²) in [5, 5.41) is 8.70. The monoisotopic (exact) mass is 462 g/mol. The van der Waals surface area contributed by atoms with E-state index in [1.165, 1.54) is 5.30 Å². The lowest BCUT2D eigenvalue weighted by Gasteiger charge is -2.15. The Morgan fingerprint density at radius 2 is 1.89 bits per heavy atom. The Hall–Kier alpha value is -1.68. The van der Waals surface area contributed by atoms with Crippen molar-refractivity contribution < 1.29 is 0 Å². The third-order valence-corrected chi connectivity index (χ3v) is 6.36. The summed E-state index contributed by atoms with van der Waals surface area (Å²) < 4.78 is 0.804. The smallest absolute Gasteiger partial charge is 0.229 e. The molecule has 0 aliphatic rings. The lowest BCUT2D eigenvalue weighted by atomic mass is 10.1. The van der Waals surface area contributed by atoms with Crippen LogP contribution in [-0.2, 0) is 6.42 Å². The topological polar surface area (TPSA) is 49.8 Å². The second-order valence-electron chi connectivity index (χ2n) is 6.21. The molecule has 0 atom stereocenters. The summed E-state index contributed by atoms with van der Waals surface area (Å²) in [7, 11) is -0.230. The Bertz CT molecular complexity index is 949. The van der Waals surface area contributed by atoms with Gasteiger partial charge < -0.3 is 10.6 Å². The van der Waals surface area contributed by atoms with Gasteiger partial charge in [-0.15, -0.1) is 0 Å². The SMILES string of the molecule is CCc1ccc(Nc2ncc(Br)c(Nc3ccccc3P(C)C)n2)cc1Cl. The molecule has 0 fully saturated rings. The molecular weight excluding hydrogens is 443 g/mol. The quantitative estimate of drug-likeness (QED) is 0.421. The third kappa shape index (κ3) is 4.98. The van der Waals surface area contributed by atoms with E-state index in [2.05, 4.69) is 75.0 Å². The molecule has 0 amide bonds. The van der Waals surface area contributed by atoms with E-state index >= 15 is 0 Å². The van der Waals surface area contributed by atoms with Crippen LogP contribution >= 0.6 is 35.5 Å². The predicted molar refractivity (Wildman–Crippen MR) is 122 cm³/mol. The largest absolute Gasteiger partial charge is 0.339 e. The Kier molecular flexibility index (Phi) is 6.69. The summed E-state index contributed by atoms with van der Waals surface area (Å²) in [4.78, 5) is 8.98. The summed E-state index contributed by atoms with van der Waals surface area (Å²) in [6.45, 7) is 6.56. The molecule has 2 N–H and O–H groups in total. The van der Waals surface area contributed by atoms with E-state index in [1.807, 2.05) is 24.3 Å². The molecule has 0 spiro atoms. The van der Waals surface area contributed by atoms with Gasteiger partial charge in [-0.2, -0.15) is 4.98 Å². The van der Waals surface area contributed by atoms with Gasteiger partial charge in [0.1, 0.15) is 5.82 Å². The van der Waals surface area contributed by atoms with Crippen molar-refractivity contribution in [2.75, 3.05) is 24.0 Å². The highest BCUT2D eigenvalue weighted by Crippen LogP contribution is 2.31. The highest BCUT2D eigenvalue weighted by Gasteiger charge is 2.10. The number of aryl methyl sites for hydroxylation is 1. The summed E-state index contributed by atoms with van der Waals surface area (Å²) >= 11 is 9.84. The fraction of sp³-hybridized carbons (Fsp3) is 0.200. The first-order chi connectivity index (χ1) is 13.0. The molecule has 0 bridgehead atoms. The van der Waals surface area contributed by atoms with E-state index in [9.17, 15) is 0 Å². The fourth-order valence-corrected chi connectivity index (χ4v) is 4.25. The number of benzene rings is 2. The van der Waals surface area contributed by atoms with Crippen LogP contribution in [0.25, 0.3) is 0 Å². The van der Waals surface area contributed by atoms with E-state index in [-0.39, 0.29) is 7.92 Å². The molecule has 3 aromatic rings. The van der Waals surface area contributed by atoms with Crippen LogP contribution < -0.4 is 15.9 Å². The number of anilines is 4. The molecule has 1 aromatic heterocycles. The Labute approximate surface area is 174 Å². The second-order valence-corrected chi connectivity index (χ2v) is 9.74. The molecular formula is C20H21BrClN4P. The van der Waals surface area contributed by atoms with Crippen LogP contribution in [0.4, 0.5) is 23.1 Å². The zero-order valence-electron chi connectivity index (χ0n) is 15.4. The number of rotatable bonds is 6. The molecule has 2 aromatic carbocycles. The minimum absolute atomic E-state index is 0.230. The maximum absolute atomic E-state index is 6.31. The highest BCUT2D eigenvalue weighted by molar-refractivity contribution is 9.10. The summed E-state index contributed by atoms with van der Waals surface area (Å²) in [5.41, 5.74) is 3.04. The van der Waals surface area contributed by atoms with Crippen molar-refractivity contribution in [2.24, 2.45) is 0 Å². The van der Waals surface area contributed by atoms with E-state index in [0.717, 1.165) is 32.9 Å². The lowest BCUT2D eigenvalue weighted by molar-refractivity contribution is 1.13. The number of halogens is 2. The minimum atomic E-state index is -0.230. The average molecular weight is 464 g/mol. The first kappa shape index (κ1) is 20.1. The van der Waals surface area contributed by atoms with Gasteiger partial charge in [0.25, 0.3) is 0 Å². The molecule has 0 saturated heterocycles. The van der Waals surface area contributed by atoms with E-state index < -0.39 is 0 Å². The Morgan fingerprint density at radius 3 is 2.59 bits per heavy atom. The molecule has 4 nitrogen and oxygen atoms in total. The number of hydrogen-bond acceptors (Lipinski definition) is 4. The lowest BCUT2D eigenvalue weighted by Crippen LogP contribution is -2.09. The molecule has 3 rings (SSSR count). The van der Waals surface area contributed by atoms with Gasteiger partial charge >= 0.3 is 0 Å². The van der Waals surface area contributed by atoms with Crippen LogP contribution in [0.5, 0.6) is 0 Å². The van der Waals surface area contributed by atoms with E-state index in [4.69, 9.17) is 11.6 Å². The Morgan fingerprint density at radius 1 is 1.11 bits per heavy atom. The van der Waals surface area contributed by atoms with Crippen LogP contribution in [0.3, 0.4) is 0 Å². The van der Waals surface area contributed by atoms with Crippen molar-refractivity contribution in [2.45, 2.75) is 13.3 Å². The maximum Gasteiger partial charge on any atom is 0.229 e. The zero-order chi connectivity index (χ0) is 19.4. The van der Waals surface area contributed by atoms with Gasteiger partial charge in [0.15, 0.2) is 0 Å². The first-order valence-electron chi connectivity index (χ1n) is 8.59. The first-order valence-corrected chi connectivity index (χ1v) is 12.0. The van der Waals surface area contributed by atoms with Crippen LogP contribution in [0.1, 0.15) is 12.5 Å². The van der Waals surface area contributed by atoms with Crippen LogP contribution in [0, 0.1) is 0 Å². The Balaban J connectivity index is 1.86. The molecule has 0 aliphatic heterocycles. The number of nitrogens with one attached hydrogen (secondary N) is 2. The molecule has 0 aliphatic carbocycles. The van der Waals surface area contributed by atoms with Gasteiger partial charge in [0.2, 0.25) is 5.95 Å². The van der Waals surface area contributed by atoms with Crippen molar-refractivity contribution in [3.8, 4) is 0 Å². The van der Waals surface area contributed by atoms with Crippen LogP contribution in [0.2, 0.25) is 5.02 Å². The number of hydrogen-bond donors (Lipinski definition) is 2. The van der Waals surface area contributed by atoms with Crippen molar-refractivity contribution >= 4 is 63.9 Å². The van der Waals surface area contributed by atoms with Crippen molar-refractivity contribution in [3.05, 3.63) is 63.7 Å². The molecule has 0 radical (unpaired) electrons. The normalized spacial score (nSPS) is 10.9. The van der Waals surface area contributed by atoms with E-state index in [0.29, 0.717) is 11.8 Å². The molecule has 0 saturated carbocycles. The number of aromatic nitrogens is 2. The average Bonchev–Trinajstić information content (AvgIpc) is 2.65. The van der Waals surface area contributed by atoms with Gasteiger partial charge in [-0.3, -0.25) is 0 Å². The highest BCUT2D eigenvalue weighted by atomic mass is 79.9. The van der Waals surface area contributed by atoms with Gasteiger partial charge in [0.05, 0.1) is 4.47 Å². The molecule has 7 heteroatoms. The predicted octanol–water partition coefficient (Wildman–Crippen LogP) is 6.31. The van der Waals surface area contributed by atoms with Gasteiger partial charge in [0, 0.05) is 22.6 Å². The van der Waals surface area contributed by atoms with Crippen molar-refractivity contribution in [1.82, 2.24) is 9.97 Å². The summed E-state index contributed by atoms with van der Waals surface area (Å²) in [6.07, 6.45) is 2.64. The molecule has 27 heavy (non-hydrogen) atoms. The standard InChI is InChI=1S/C20H21BrClN4P/c1-4-13-9-10-14(11-16(13)22)24-20-23-12-15(21)19(26-20)25-17-7-5-6-8-18(17)27(2)3/h5-12H,4H2,1-3H3,(H2,23,24,25,26). The van der Waals surface area contributed by atoms with Crippen LogP contribution in [0.15, 0.2) is 53.1 Å². The van der Waals surface area contributed by atoms with Gasteiger partial charge in [-0.1, -0.05) is 50.7 Å². The number of nitrogens with zero attached hydrogens (tertiary/aromatic N) is 2. The second kappa shape index (κ2) is 9.01. The maximum atomic E-state index is 6.31. The minimum Gasteiger partial charge on any atom is -0.339 e. The van der Waals surface area contributed by atoms with Crippen molar-refractivity contribution in [3.63, 3.8) is 0 Å². The summed E-state index contributed by atoms with van der Waals surface area (Å²) in [5.74, 6) is 1.22. The zero-order valence-corrected chi connectivity index (χ0v) is 18.7.